The van der Waals surface area contributed by atoms with Crippen molar-refractivity contribution in [2.75, 3.05) is 5.75 Å². The molecular formula is C7H10O2S. The molecule has 2 nitrogen and oxygen atoms in total. The molecule has 0 amide bonds. The lowest BCUT2D eigenvalue weighted by Gasteiger charge is -2.05. The van der Waals surface area contributed by atoms with Crippen molar-refractivity contribution in [3.8, 4) is 12.3 Å². The zero-order valence-corrected chi connectivity index (χ0v) is 6.69. The zero-order valence-electron chi connectivity index (χ0n) is 5.87. The van der Waals surface area contributed by atoms with Crippen molar-refractivity contribution < 1.29 is 8.39 Å². The van der Waals surface area contributed by atoms with Gasteiger partial charge in [0, 0.05) is 5.92 Å². The van der Waals surface area contributed by atoms with Crippen molar-refractivity contribution in [2.24, 2.45) is 5.92 Å². The molecule has 0 radical (unpaired) electrons. The Kier molecular flexibility index (Phi) is 2.47. The van der Waals surface area contributed by atoms with Gasteiger partial charge in [-0.15, -0.1) is 6.42 Å². The molecule has 3 unspecified atom stereocenters. The first kappa shape index (κ1) is 7.77. The third kappa shape index (κ3) is 1.39. The molecule has 1 rings (SSSR count). The predicted octanol–water partition coefficient (Wildman–Crippen LogP) is 0.708. The molecule has 10 heavy (non-hydrogen) atoms. The van der Waals surface area contributed by atoms with E-state index in [1.54, 1.807) is 0 Å². The second kappa shape index (κ2) is 3.18. The molecule has 0 saturated carbocycles. The highest BCUT2D eigenvalue weighted by Gasteiger charge is 2.30. The number of hydrogen-bond donors (Lipinski definition) is 0. The summed E-state index contributed by atoms with van der Waals surface area (Å²) in [6, 6.07) is 0. The Balaban J connectivity index is 2.59. The zero-order chi connectivity index (χ0) is 7.56. The van der Waals surface area contributed by atoms with Gasteiger partial charge in [0.1, 0.15) is 6.10 Å². The molecule has 0 aromatic heterocycles. The minimum absolute atomic E-state index is 0.217. The summed E-state index contributed by atoms with van der Waals surface area (Å²) in [6.07, 6.45) is 5.88. The van der Waals surface area contributed by atoms with Crippen LogP contribution in [0, 0.1) is 18.3 Å². The molecule has 1 aliphatic rings. The third-order valence-electron chi connectivity index (χ3n) is 1.68. The van der Waals surface area contributed by atoms with E-state index in [1.165, 1.54) is 0 Å². The fourth-order valence-corrected chi connectivity index (χ4v) is 2.27. The fraction of sp³-hybridized carbons (Fsp3) is 0.714. The first-order valence-electron chi connectivity index (χ1n) is 3.29. The average Bonchev–Trinajstić information content (AvgIpc) is 2.30. The van der Waals surface area contributed by atoms with Gasteiger partial charge in [0.15, 0.2) is 11.1 Å². The topological polar surface area (TPSA) is 26.3 Å². The molecular weight excluding hydrogens is 148 g/mol. The van der Waals surface area contributed by atoms with E-state index in [0.29, 0.717) is 11.7 Å². The van der Waals surface area contributed by atoms with Crippen molar-refractivity contribution in [1.29, 1.82) is 0 Å². The molecule has 1 saturated heterocycles. The second-order valence-electron chi connectivity index (χ2n) is 2.32. The van der Waals surface area contributed by atoms with Crippen molar-refractivity contribution >= 4 is 11.1 Å². The molecule has 1 aliphatic heterocycles. The SMILES string of the molecule is C#CC1OS(=O)CC1CC. The van der Waals surface area contributed by atoms with Crippen LogP contribution in [0.25, 0.3) is 0 Å². The molecule has 0 N–H and O–H groups in total. The highest BCUT2D eigenvalue weighted by atomic mass is 32.2. The van der Waals surface area contributed by atoms with E-state index in [4.69, 9.17) is 10.6 Å². The smallest absolute Gasteiger partial charge is 0.157 e. The second-order valence-corrected chi connectivity index (χ2v) is 3.46. The molecule has 0 spiro atoms. The summed E-state index contributed by atoms with van der Waals surface area (Å²) in [5, 5.41) is 0. The summed E-state index contributed by atoms with van der Waals surface area (Å²) in [5.74, 6) is 3.38. The van der Waals surface area contributed by atoms with Crippen LogP contribution < -0.4 is 0 Å². The van der Waals surface area contributed by atoms with E-state index >= 15 is 0 Å². The summed E-state index contributed by atoms with van der Waals surface area (Å²) in [7, 11) is 0. The van der Waals surface area contributed by atoms with Crippen LogP contribution in [0.5, 0.6) is 0 Å². The quantitative estimate of drug-likeness (QED) is 0.525. The van der Waals surface area contributed by atoms with Gasteiger partial charge < -0.3 is 0 Å². The maximum Gasteiger partial charge on any atom is 0.157 e. The Morgan fingerprint density at radius 3 is 3.00 bits per heavy atom. The highest BCUT2D eigenvalue weighted by Crippen LogP contribution is 2.21. The van der Waals surface area contributed by atoms with Crippen LogP contribution in [0.3, 0.4) is 0 Å². The Bertz CT molecular complexity index is 183. The Labute approximate surface area is 63.6 Å². The van der Waals surface area contributed by atoms with Crippen LogP contribution in [0.1, 0.15) is 13.3 Å². The van der Waals surface area contributed by atoms with Crippen LogP contribution in [0.4, 0.5) is 0 Å². The first-order valence-corrected chi connectivity index (χ1v) is 4.54. The van der Waals surface area contributed by atoms with Crippen LogP contribution in [0.15, 0.2) is 0 Å². The van der Waals surface area contributed by atoms with Gasteiger partial charge in [-0.2, -0.15) is 0 Å². The maximum absolute atomic E-state index is 10.8. The molecule has 0 aliphatic carbocycles. The van der Waals surface area contributed by atoms with Gasteiger partial charge in [0.2, 0.25) is 0 Å². The largest absolute Gasteiger partial charge is 0.274 e. The van der Waals surface area contributed by atoms with E-state index in [2.05, 4.69) is 5.92 Å². The highest BCUT2D eigenvalue weighted by molar-refractivity contribution is 7.80. The number of hydrogen-bond acceptors (Lipinski definition) is 2. The minimum atomic E-state index is -1.13. The molecule has 56 valence electrons. The predicted molar refractivity (Wildman–Crippen MR) is 40.5 cm³/mol. The summed E-state index contributed by atoms with van der Waals surface area (Å²) in [6.45, 7) is 2.03. The molecule has 1 heterocycles. The van der Waals surface area contributed by atoms with E-state index < -0.39 is 11.1 Å². The minimum Gasteiger partial charge on any atom is -0.274 e. The molecule has 3 atom stereocenters. The molecule has 0 aromatic rings. The van der Waals surface area contributed by atoms with Gasteiger partial charge in [0.05, 0.1) is 5.75 Å². The lowest BCUT2D eigenvalue weighted by atomic mass is 10.0. The van der Waals surface area contributed by atoms with Gasteiger partial charge in [0.25, 0.3) is 0 Å². The monoisotopic (exact) mass is 158 g/mol. The standard InChI is InChI=1S/C7H10O2S/c1-3-6-5-10(8)9-7(6)4-2/h2,6-7H,3,5H2,1H3. The first-order chi connectivity index (χ1) is 4.77. The van der Waals surface area contributed by atoms with Crippen LogP contribution in [-0.2, 0) is 15.3 Å². The van der Waals surface area contributed by atoms with Gasteiger partial charge in [-0.05, 0) is 6.42 Å². The summed E-state index contributed by atoms with van der Waals surface area (Å²) >= 11 is -1.13. The van der Waals surface area contributed by atoms with Gasteiger partial charge in [-0.1, -0.05) is 12.8 Å². The summed E-state index contributed by atoms with van der Waals surface area (Å²) < 4.78 is 15.7. The van der Waals surface area contributed by atoms with Gasteiger partial charge >= 0.3 is 0 Å². The third-order valence-corrected chi connectivity index (χ3v) is 2.80. The van der Waals surface area contributed by atoms with Crippen molar-refractivity contribution in [3.63, 3.8) is 0 Å². The molecule has 0 aromatic carbocycles. The van der Waals surface area contributed by atoms with Crippen LogP contribution in [0.2, 0.25) is 0 Å². The molecule has 3 heteroatoms. The Morgan fingerprint density at radius 1 is 1.90 bits per heavy atom. The van der Waals surface area contributed by atoms with E-state index in [-0.39, 0.29) is 6.10 Å². The maximum atomic E-state index is 10.8. The molecule has 0 bridgehead atoms. The lowest BCUT2D eigenvalue weighted by molar-refractivity contribution is 0.255. The number of rotatable bonds is 1. The summed E-state index contributed by atoms with van der Waals surface area (Å²) in [4.78, 5) is 0. The summed E-state index contributed by atoms with van der Waals surface area (Å²) in [5.41, 5.74) is 0. The lowest BCUT2D eigenvalue weighted by Crippen LogP contribution is -2.13. The Hall–Kier alpha value is -0.330. The van der Waals surface area contributed by atoms with Crippen LogP contribution >= 0.6 is 0 Å². The van der Waals surface area contributed by atoms with Gasteiger partial charge in [-0.3, -0.25) is 4.18 Å². The average molecular weight is 158 g/mol. The number of terminal acetylenes is 1. The Morgan fingerprint density at radius 2 is 2.60 bits per heavy atom. The van der Waals surface area contributed by atoms with Gasteiger partial charge in [-0.25, -0.2) is 4.21 Å². The fourth-order valence-electron chi connectivity index (χ4n) is 0.991. The van der Waals surface area contributed by atoms with Crippen molar-refractivity contribution in [2.45, 2.75) is 19.4 Å². The van der Waals surface area contributed by atoms with Crippen LogP contribution in [-0.4, -0.2) is 16.1 Å². The molecule has 1 fully saturated rings. The van der Waals surface area contributed by atoms with Crippen molar-refractivity contribution in [1.82, 2.24) is 0 Å². The van der Waals surface area contributed by atoms with E-state index in [1.807, 2.05) is 6.92 Å². The van der Waals surface area contributed by atoms with Crippen molar-refractivity contribution in [3.05, 3.63) is 0 Å². The van der Waals surface area contributed by atoms with E-state index in [0.717, 1.165) is 6.42 Å². The normalized spacial score (nSPS) is 39.4. The van der Waals surface area contributed by atoms with E-state index in [9.17, 15) is 4.21 Å².